The van der Waals surface area contributed by atoms with Crippen LogP contribution in [0.5, 0.6) is 0 Å². The first-order valence-electron chi connectivity index (χ1n) is 9.72. The minimum atomic E-state index is -3.29. The molecular formula is C20H35IN4O3S. The number of ether oxygens (including phenoxy) is 1. The van der Waals surface area contributed by atoms with Crippen molar-refractivity contribution in [2.45, 2.75) is 46.3 Å². The zero-order valence-corrected chi connectivity index (χ0v) is 21.4. The molecule has 1 aromatic rings. The second-order valence-corrected chi connectivity index (χ2v) is 9.84. The molecule has 1 atom stereocenters. The molecule has 2 N–H and O–H groups in total. The monoisotopic (exact) mass is 538 g/mol. The lowest BCUT2D eigenvalue weighted by atomic mass is 10.00. The molecule has 0 aromatic heterocycles. The van der Waals surface area contributed by atoms with E-state index < -0.39 is 15.6 Å². The van der Waals surface area contributed by atoms with Gasteiger partial charge in [0.05, 0.1) is 26.0 Å². The van der Waals surface area contributed by atoms with Crippen molar-refractivity contribution in [3.8, 4) is 0 Å². The molecule has 1 aliphatic rings. The molecule has 0 radical (unpaired) electrons. The fraction of sp³-hybridized carbons (Fsp3) is 0.650. The summed E-state index contributed by atoms with van der Waals surface area (Å²) < 4.78 is 31.8. The highest BCUT2D eigenvalue weighted by atomic mass is 127. The van der Waals surface area contributed by atoms with E-state index in [-0.39, 0.29) is 30.1 Å². The maximum Gasteiger partial charge on any atom is 0.209 e. The number of aliphatic imine (C=N–C) groups is 1. The van der Waals surface area contributed by atoms with Crippen molar-refractivity contribution in [2.24, 2.45) is 4.99 Å². The standard InChI is InChI=1S/C20H34N4O3S.HI/c1-7-21-19(22-14-20(4,5)23-28(6,25)26)24-10-11-27-18(13-24)17-9-8-15(2)12-16(17)3;/h8-9,12,18,23H,7,10-11,13-14H2,1-6H3,(H,21,22);1H. The van der Waals surface area contributed by atoms with Crippen LogP contribution in [-0.4, -0.2) is 63.9 Å². The van der Waals surface area contributed by atoms with E-state index in [1.165, 1.54) is 22.9 Å². The van der Waals surface area contributed by atoms with Crippen molar-refractivity contribution < 1.29 is 13.2 Å². The summed E-state index contributed by atoms with van der Waals surface area (Å²) in [5, 5.41) is 3.33. The van der Waals surface area contributed by atoms with Crippen LogP contribution in [0.15, 0.2) is 23.2 Å². The van der Waals surface area contributed by atoms with Crippen LogP contribution >= 0.6 is 24.0 Å². The predicted molar refractivity (Wildman–Crippen MR) is 130 cm³/mol. The number of guanidine groups is 1. The number of hydrogen-bond acceptors (Lipinski definition) is 4. The van der Waals surface area contributed by atoms with Gasteiger partial charge < -0.3 is 15.0 Å². The first-order chi connectivity index (χ1) is 13.0. The van der Waals surface area contributed by atoms with Gasteiger partial charge in [0.2, 0.25) is 10.0 Å². The second-order valence-electron chi connectivity index (χ2n) is 8.09. The lowest BCUT2D eigenvalue weighted by Crippen LogP contribution is -2.50. The summed E-state index contributed by atoms with van der Waals surface area (Å²) in [7, 11) is -3.29. The Morgan fingerprint density at radius 2 is 2.03 bits per heavy atom. The number of aryl methyl sites for hydroxylation is 2. The Morgan fingerprint density at radius 3 is 2.62 bits per heavy atom. The Hall–Kier alpha value is -0.910. The van der Waals surface area contributed by atoms with Crippen molar-refractivity contribution in [1.29, 1.82) is 0 Å². The zero-order valence-electron chi connectivity index (χ0n) is 18.3. The van der Waals surface area contributed by atoms with Crippen LogP contribution in [0.3, 0.4) is 0 Å². The largest absolute Gasteiger partial charge is 0.370 e. The third-order valence-corrected chi connectivity index (χ3v) is 5.48. The van der Waals surface area contributed by atoms with Crippen LogP contribution in [0, 0.1) is 13.8 Å². The Morgan fingerprint density at radius 1 is 1.34 bits per heavy atom. The number of rotatable bonds is 6. The van der Waals surface area contributed by atoms with Gasteiger partial charge in [-0.1, -0.05) is 23.8 Å². The van der Waals surface area contributed by atoms with Gasteiger partial charge in [0, 0.05) is 18.6 Å². The van der Waals surface area contributed by atoms with Gasteiger partial charge in [0.15, 0.2) is 5.96 Å². The zero-order chi connectivity index (χ0) is 20.9. The van der Waals surface area contributed by atoms with Crippen LogP contribution in [0.4, 0.5) is 0 Å². The van der Waals surface area contributed by atoms with E-state index in [1.807, 2.05) is 20.8 Å². The third kappa shape index (κ3) is 8.39. The van der Waals surface area contributed by atoms with Crippen molar-refractivity contribution in [3.05, 3.63) is 34.9 Å². The van der Waals surface area contributed by atoms with Gasteiger partial charge in [-0.2, -0.15) is 0 Å². The van der Waals surface area contributed by atoms with Crippen molar-refractivity contribution in [3.63, 3.8) is 0 Å². The van der Waals surface area contributed by atoms with E-state index in [1.54, 1.807) is 0 Å². The van der Waals surface area contributed by atoms with Gasteiger partial charge in [-0.15, -0.1) is 24.0 Å². The lowest BCUT2D eigenvalue weighted by Gasteiger charge is -2.36. The minimum absolute atomic E-state index is 0. The van der Waals surface area contributed by atoms with Gasteiger partial charge in [-0.25, -0.2) is 13.1 Å². The summed E-state index contributed by atoms with van der Waals surface area (Å²) in [6, 6.07) is 6.43. The summed E-state index contributed by atoms with van der Waals surface area (Å²) >= 11 is 0. The lowest BCUT2D eigenvalue weighted by molar-refractivity contribution is -0.00835. The first-order valence-corrected chi connectivity index (χ1v) is 11.6. The number of nitrogens with one attached hydrogen (secondary N) is 2. The molecule has 1 heterocycles. The smallest absolute Gasteiger partial charge is 0.209 e. The molecule has 2 rings (SSSR count). The second kappa shape index (κ2) is 10.9. The molecule has 1 aromatic carbocycles. The van der Waals surface area contributed by atoms with E-state index in [9.17, 15) is 8.42 Å². The fourth-order valence-electron chi connectivity index (χ4n) is 3.45. The Kier molecular flexibility index (Phi) is 9.84. The number of halogens is 1. The van der Waals surface area contributed by atoms with Crippen molar-refractivity contribution >= 4 is 40.0 Å². The van der Waals surface area contributed by atoms with E-state index in [0.29, 0.717) is 19.7 Å². The third-order valence-electron chi connectivity index (χ3n) is 4.56. The highest BCUT2D eigenvalue weighted by Crippen LogP contribution is 2.26. The van der Waals surface area contributed by atoms with E-state index >= 15 is 0 Å². The van der Waals surface area contributed by atoms with Crippen molar-refractivity contribution in [2.75, 3.05) is 39.0 Å². The van der Waals surface area contributed by atoms with Gasteiger partial charge in [0.25, 0.3) is 0 Å². The number of hydrogen-bond donors (Lipinski definition) is 2. The first kappa shape index (κ1) is 26.1. The maximum absolute atomic E-state index is 11.6. The molecule has 0 aliphatic carbocycles. The summed E-state index contributed by atoms with van der Waals surface area (Å²) in [6.45, 7) is 13.0. The molecule has 1 saturated heterocycles. The van der Waals surface area contributed by atoms with E-state index in [2.05, 4.69) is 47.0 Å². The average Bonchev–Trinajstić information content (AvgIpc) is 2.56. The quantitative estimate of drug-likeness (QED) is 0.331. The molecule has 29 heavy (non-hydrogen) atoms. The molecule has 0 bridgehead atoms. The van der Waals surface area contributed by atoms with E-state index in [0.717, 1.165) is 19.0 Å². The molecular weight excluding hydrogens is 503 g/mol. The summed E-state index contributed by atoms with van der Waals surface area (Å²) in [4.78, 5) is 6.89. The SMILES string of the molecule is CCNC(=NCC(C)(C)NS(C)(=O)=O)N1CCOC(c2ccc(C)cc2C)C1.I. The van der Waals surface area contributed by atoms with Crippen LogP contribution in [0.25, 0.3) is 0 Å². The highest BCUT2D eigenvalue weighted by molar-refractivity contribution is 14.0. The van der Waals surface area contributed by atoms with Crippen LogP contribution in [0.1, 0.15) is 43.6 Å². The maximum atomic E-state index is 11.6. The van der Waals surface area contributed by atoms with Gasteiger partial charge >= 0.3 is 0 Å². The number of benzene rings is 1. The summed E-state index contributed by atoms with van der Waals surface area (Å²) in [5.74, 6) is 0.781. The minimum Gasteiger partial charge on any atom is -0.370 e. The highest BCUT2D eigenvalue weighted by Gasteiger charge is 2.27. The Balaban J connectivity index is 0.00000420. The Bertz CT molecular complexity index is 812. The Labute approximate surface area is 192 Å². The molecule has 1 unspecified atom stereocenters. The fourth-order valence-corrected chi connectivity index (χ4v) is 4.52. The van der Waals surface area contributed by atoms with Crippen LogP contribution < -0.4 is 10.0 Å². The summed E-state index contributed by atoms with van der Waals surface area (Å²) in [6.07, 6.45) is 1.15. The van der Waals surface area contributed by atoms with Crippen molar-refractivity contribution in [1.82, 2.24) is 14.9 Å². The molecule has 1 aliphatic heterocycles. The van der Waals surface area contributed by atoms with Gasteiger partial charge in [-0.3, -0.25) is 4.99 Å². The normalized spacial score (nSPS) is 18.3. The summed E-state index contributed by atoms with van der Waals surface area (Å²) in [5.41, 5.74) is 3.01. The number of nitrogens with zero attached hydrogens (tertiary/aromatic N) is 2. The molecule has 9 heteroatoms. The molecule has 166 valence electrons. The average molecular weight is 538 g/mol. The van der Waals surface area contributed by atoms with E-state index in [4.69, 9.17) is 9.73 Å². The molecule has 0 spiro atoms. The number of sulfonamides is 1. The number of morpholine rings is 1. The van der Waals surface area contributed by atoms with Gasteiger partial charge in [0.1, 0.15) is 6.10 Å². The molecule has 7 nitrogen and oxygen atoms in total. The van der Waals surface area contributed by atoms with Gasteiger partial charge in [-0.05, 0) is 45.7 Å². The molecule has 0 saturated carbocycles. The van der Waals surface area contributed by atoms with Crippen LogP contribution in [0.2, 0.25) is 0 Å². The predicted octanol–water partition coefficient (Wildman–Crippen LogP) is 2.59. The van der Waals surface area contributed by atoms with Crippen LogP contribution in [-0.2, 0) is 14.8 Å². The molecule has 0 amide bonds. The molecule has 1 fully saturated rings. The topological polar surface area (TPSA) is 83.0 Å².